The highest BCUT2D eigenvalue weighted by molar-refractivity contribution is 7.75. The number of aromatic hydroxyl groups is 1. The lowest BCUT2D eigenvalue weighted by molar-refractivity contribution is 0.447. The van der Waals surface area contributed by atoms with E-state index in [1.807, 2.05) is 12.1 Å². The van der Waals surface area contributed by atoms with Gasteiger partial charge in [-0.3, -0.25) is 0 Å². The van der Waals surface area contributed by atoms with Gasteiger partial charge in [0.25, 0.3) is 0 Å². The van der Waals surface area contributed by atoms with E-state index in [1.165, 1.54) is 6.07 Å². The normalized spacial score (nSPS) is 12.1. The first-order valence-corrected chi connectivity index (χ1v) is 8.02. The van der Waals surface area contributed by atoms with Crippen molar-refractivity contribution >= 4 is 38.7 Å². The van der Waals surface area contributed by atoms with Crippen molar-refractivity contribution in [1.29, 1.82) is 0 Å². The molecule has 0 aliphatic carbocycles. The second-order valence-electron chi connectivity index (χ2n) is 5.42. The first-order valence-electron chi connectivity index (χ1n) is 6.93. The summed E-state index contributed by atoms with van der Waals surface area (Å²) in [5.41, 5.74) is 1.65. The topological polar surface area (TPSA) is 47.9 Å². The van der Waals surface area contributed by atoms with Crippen LogP contribution in [0.2, 0.25) is 0 Å². The van der Waals surface area contributed by atoms with E-state index < -0.39 is 0 Å². The predicted octanol–water partition coefficient (Wildman–Crippen LogP) is 4.85. The van der Waals surface area contributed by atoms with Gasteiger partial charge < -0.3 is 17.7 Å². The van der Waals surface area contributed by atoms with Gasteiger partial charge in [-0.25, -0.2) is 0 Å². The summed E-state index contributed by atoms with van der Waals surface area (Å²) in [6.07, 6.45) is 0. The van der Waals surface area contributed by atoms with Gasteiger partial charge in [-0.15, -0.1) is 0 Å². The van der Waals surface area contributed by atoms with E-state index in [0.29, 0.717) is 17.2 Å². The van der Waals surface area contributed by atoms with Gasteiger partial charge in [0.1, 0.15) is 23.0 Å². The average molecular weight is 371 g/mol. The summed E-state index contributed by atoms with van der Waals surface area (Å²) in [7, 11) is 0. The molecule has 0 bridgehead atoms. The number of phenols is 1. The molecule has 1 unspecified atom stereocenters. The lowest BCUT2D eigenvalue weighted by atomic mass is 9.81. The molecule has 0 aliphatic heterocycles. The van der Waals surface area contributed by atoms with Crippen molar-refractivity contribution in [2.45, 2.75) is 19.8 Å². The van der Waals surface area contributed by atoms with E-state index in [-0.39, 0.29) is 17.6 Å². The van der Waals surface area contributed by atoms with Crippen LogP contribution in [0.4, 0.5) is 0 Å². The van der Waals surface area contributed by atoms with Crippen molar-refractivity contribution in [3.05, 3.63) is 47.5 Å². The van der Waals surface area contributed by atoms with Crippen LogP contribution in [0.5, 0.6) is 23.0 Å². The summed E-state index contributed by atoms with van der Waals surface area (Å²) < 4.78 is 14.9. The molecule has 4 nitrogen and oxygen atoms in total. The largest absolute Gasteiger partial charge is 0.508 e. The van der Waals surface area contributed by atoms with Crippen LogP contribution >= 0.6 is 38.7 Å². The highest BCUT2D eigenvalue weighted by Gasteiger charge is 2.25. The second kappa shape index (κ2) is 7.99. The molecule has 2 aromatic rings. The Morgan fingerprint density at radius 2 is 1.39 bits per heavy atom. The molecule has 124 valence electrons. The number of phenolic OH excluding ortho intramolecular Hbond substituents is 1. The molecule has 0 radical (unpaired) electrons. The van der Waals surface area contributed by atoms with Gasteiger partial charge in [-0.1, -0.05) is 26.0 Å². The minimum atomic E-state index is -0.0971. The van der Waals surface area contributed by atoms with Crippen LogP contribution in [-0.4, -0.2) is 5.11 Å². The molecule has 0 saturated carbocycles. The quantitative estimate of drug-likeness (QED) is 0.434. The fourth-order valence-corrected chi connectivity index (χ4v) is 3.02. The average Bonchev–Trinajstić information content (AvgIpc) is 2.56. The van der Waals surface area contributed by atoms with Crippen LogP contribution in [0.3, 0.4) is 0 Å². The van der Waals surface area contributed by atoms with E-state index in [9.17, 15) is 5.11 Å². The zero-order valence-corrected chi connectivity index (χ0v) is 15.3. The first kappa shape index (κ1) is 18.0. The van der Waals surface area contributed by atoms with Crippen molar-refractivity contribution in [3.8, 4) is 23.0 Å². The molecule has 0 heterocycles. The van der Waals surface area contributed by atoms with Gasteiger partial charge in [0.15, 0.2) is 0 Å². The second-order valence-corrected chi connectivity index (χ2v) is 5.96. The van der Waals surface area contributed by atoms with Gasteiger partial charge in [-0.2, -0.15) is 0 Å². The summed E-state index contributed by atoms with van der Waals surface area (Å²) in [5, 5.41) is 10.4. The molecule has 7 heteroatoms. The Morgan fingerprint density at radius 1 is 0.826 bits per heavy atom. The number of hydrogen-bond acceptors (Lipinski definition) is 7. The van der Waals surface area contributed by atoms with Crippen LogP contribution in [0, 0.1) is 5.92 Å². The SMILES string of the molecule is CC(C)C(c1ccc(OS)cc1O)c1ccc(OS)cc1OS. The number of hydrogen-bond donors (Lipinski definition) is 4. The highest BCUT2D eigenvalue weighted by Crippen LogP contribution is 2.43. The summed E-state index contributed by atoms with van der Waals surface area (Å²) in [5.74, 6) is 1.81. The van der Waals surface area contributed by atoms with Crippen molar-refractivity contribution < 1.29 is 17.7 Å². The van der Waals surface area contributed by atoms with E-state index >= 15 is 0 Å². The molecule has 0 aromatic heterocycles. The van der Waals surface area contributed by atoms with Gasteiger partial charge in [0.2, 0.25) is 0 Å². The molecule has 1 atom stereocenters. The Morgan fingerprint density at radius 3 is 1.87 bits per heavy atom. The molecule has 2 rings (SSSR count). The third kappa shape index (κ3) is 3.97. The summed E-state index contributed by atoms with van der Waals surface area (Å²) in [6, 6.07) is 10.5. The van der Waals surface area contributed by atoms with E-state index in [1.54, 1.807) is 18.2 Å². The van der Waals surface area contributed by atoms with Crippen LogP contribution in [0.15, 0.2) is 36.4 Å². The van der Waals surface area contributed by atoms with Crippen molar-refractivity contribution in [3.63, 3.8) is 0 Å². The molecule has 0 fully saturated rings. The lowest BCUT2D eigenvalue weighted by Crippen LogP contribution is -2.10. The molecule has 0 saturated heterocycles. The highest BCUT2D eigenvalue weighted by atomic mass is 32.1. The Hall–Kier alpha value is -1.31. The Kier molecular flexibility index (Phi) is 6.26. The standard InChI is InChI=1S/C16H18O4S3/c1-9(2)16(12-5-3-10(18-21)7-14(12)17)13-6-4-11(19-22)8-15(13)20-23/h3-9,16-17,21-23H,1-2H3. The molecule has 23 heavy (non-hydrogen) atoms. The Labute approximate surface area is 152 Å². The third-order valence-corrected chi connectivity index (χ3v) is 4.25. The molecule has 2 aromatic carbocycles. The maximum Gasteiger partial charge on any atom is 0.144 e. The lowest BCUT2D eigenvalue weighted by Gasteiger charge is -2.24. The van der Waals surface area contributed by atoms with Gasteiger partial charge >= 0.3 is 0 Å². The van der Waals surface area contributed by atoms with Crippen molar-refractivity contribution in [2.75, 3.05) is 0 Å². The molecule has 0 amide bonds. The molecular weight excluding hydrogens is 352 g/mol. The molecule has 0 spiro atoms. The van der Waals surface area contributed by atoms with E-state index in [2.05, 4.69) is 52.6 Å². The fourth-order valence-electron chi connectivity index (χ4n) is 2.64. The van der Waals surface area contributed by atoms with Crippen molar-refractivity contribution in [2.24, 2.45) is 5.92 Å². The Bertz CT molecular complexity index is 676. The number of benzene rings is 2. The van der Waals surface area contributed by atoms with Crippen LogP contribution in [-0.2, 0) is 0 Å². The maximum absolute atomic E-state index is 10.4. The molecule has 0 aliphatic rings. The number of rotatable bonds is 6. The van der Waals surface area contributed by atoms with Crippen LogP contribution in [0.25, 0.3) is 0 Å². The zero-order valence-electron chi connectivity index (χ0n) is 12.6. The zero-order chi connectivity index (χ0) is 17.0. The predicted molar refractivity (Wildman–Crippen MR) is 100 cm³/mol. The minimum absolute atomic E-state index is 0.0971. The van der Waals surface area contributed by atoms with E-state index in [4.69, 9.17) is 12.5 Å². The monoisotopic (exact) mass is 370 g/mol. The summed E-state index contributed by atoms with van der Waals surface area (Å²) in [4.78, 5) is 0. The van der Waals surface area contributed by atoms with Gasteiger partial charge in [0.05, 0.1) is 0 Å². The fraction of sp³-hybridized carbons (Fsp3) is 0.250. The van der Waals surface area contributed by atoms with Crippen molar-refractivity contribution in [1.82, 2.24) is 0 Å². The van der Waals surface area contributed by atoms with Gasteiger partial charge in [0, 0.05) is 67.9 Å². The smallest absolute Gasteiger partial charge is 0.144 e. The molecule has 1 N–H and O–H groups in total. The first-order chi connectivity index (χ1) is 11.0. The maximum atomic E-state index is 10.4. The summed E-state index contributed by atoms with van der Waals surface area (Å²) >= 11 is 11.5. The van der Waals surface area contributed by atoms with Crippen LogP contribution < -0.4 is 12.5 Å². The molecular formula is C16H18O4S3. The number of thiol groups is 3. The van der Waals surface area contributed by atoms with Gasteiger partial charge in [-0.05, 0) is 18.1 Å². The van der Waals surface area contributed by atoms with E-state index in [0.717, 1.165) is 11.1 Å². The summed E-state index contributed by atoms with van der Waals surface area (Å²) in [6.45, 7) is 4.14. The Balaban J connectivity index is 2.55. The van der Waals surface area contributed by atoms with Crippen LogP contribution in [0.1, 0.15) is 30.9 Å². The third-order valence-electron chi connectivity index (χ3n) is 3.63. The minimum Gasteiger partial charge on any atom is -0.508 e.